The molecule has 13 heteroatoms. The Morgan fingerprint density at radius 1 is 1.00 bits per heavy atom. The van der Waals surface area contributed by atoms with Crippen LogP contribution in [-0.4, -0.2) is 60.8 Å². The van der Waals surface area contributed by atoms with E-state index in [2.05, 4.69) is 0 Å². The van der Waals surface area contributed by atoms with Crippen LogP contribution in [0.1, 0.15) is 40.0 Å². The van der Waals surface area contributed by atoms with Gasteiger partial charge in [-0.15, -0.1) is 0 Å². The summed E-state index contributed by atoms with van der Waals surface area (Å²) in [6.45, 7) is 4.51. The lowest BCUT2D eigenvalue weighted by Gasteiger charge is -2.14. The molecule has 0 saturated heterocycles. The average Bonchev–Trinajstić information content (AvgIpc) is 2.45. The number of unbranched alkanes of at least 4 members (excludes halogenated alkanes) is 2. The molecule has 0 aliphatic carbocycles. The molecule has 0 spiro atoms. The highest BCUT2D eigenvalue weighted by atomic mass is 32.2. The molecule has 0 aromatic carbocycles. The third-order valence-corrected chi connectivity index (χ3v) is 7.95. The van der Waals surface area contributed by atoms with Gasteiger partial charge in [-0.3, -0.25) is 8.37 Å². The first-order chi connectivity index (χ1) is 11.4. The molecular formula is C12H26O9S4. The lowest BCUT2D eigenvalue weighted by atomic mass is 10.3. The normalized spacial score (nSPS) is 17.8. The van der Waals surface area contributed by atoms with Gasteiger partial charge in [-0.2, -0.15) is 16.8 Å². The van der Waals surface area contributed by atoms with Crippen molar-refractivity contribution in [2.75, 3.05) is 24.4 Å². The van der Waals surface area contributed by atoms with E-state index in [4.69, 9.17) is 12.5 Å². The molecule has 0 radical (unpaired) electrons. The van der Waals surface area contributed by atoms with Gasteiger partial charge in [0.25, 0.3) is 20.2 Å². The summed E-state index contributed by atoms with van der Waals surface area (Å²) in [6.07, 6.45) is 2.03. The van der Waals surface area contributed by atoms with Gasteiger partial charge in [-0.1, -0.05) is 6.42 Å². The Morgan fingerprint density at radius 2 is 1.48 bits per heavy atom. The zero-order chi connectivity index (χ0) is 19.7. The van der Waals surface area contributed by atoms with Crippen LogP contribution in [0.25, 0.3) is 0 Å². The standard InChI is InChI=1S/C12H26O9S4/c1-5-19-23(14)12(3)21-25(17,18)10-8-6-7-9-24(15,16)20-11(2)22(4)13/h11-12H,5-10H2,1-4H3. The van der Waals surface area contributed by atoms with E-state index in [1.165, 1.54) is 20.1 Å². The maximum absolute atomic E-state index is 11.7. The van der Waals surface area contributed by atoms with Crippen molar-refractivity contribution in [3.8, 4) is 0 Å². The Morgan fingerprint density at radius 3 is 1.92 bits per heavy atom. The van der Waals surface area contributed by atoms with Crippen LogP contribution in [0.3, 0.4) is 0 Å². The van der Waals surface area contributed by atoms with Gasteiger partial charge in [0.15, 0.2) is 16.5 Å². The molecular weight excluding hydrogens is 416 g/mol. The Balaban J connectivity index is 4.17. The van der Waals surface area contributed by atoms with Crippen molar-refractivity contribution in [2.24, 2.45) is 0 Å². The van der Waals surface area contributed by atoms with Crippen LogP contribution in [-0.2, 0) is 55.0 Å². The first-order valence-corrected chi connectivity index (χ1v) is 13.5. The predicted molar refractivity (Wildman–Crippen MR) is 96.4 cm³/mol. The molecule has 0 aliphatic rings. The van der Waals surface area contributed by atoms with Crippen molar-refractivity contribution in [1.82, 2.24) is 0 Å². The maximum atomic E-state index is 11.7. The molecule has 4 atom stereocenters. The molecule has 0 aromatic rings. The minimum atomic E-state index is -3.88. The van der Waals surface area contributed by atoms with Crippen LogP contribution in [0.5, 0.6) is 0 Å². The van der Waals surface area contributed by atoms with E-state index in [1.54, 1.807) is 6.92 Å². The number of hydrogen-bond donors (Lipinski definition) is 0. The fraction of sp³-hybridized carbons (Fsp3) is 1.00. The van der Waals surface area contributed by atoms with E-state index in [-0.39, 0.29) is 31.0 Å². The lowest BCUT2D eigenvalue weighted by Crippen LogP contribution is -2.25. The SMILES string of the molecule is CCOS(=O)C(C)OS(=O)(=O)CCCCCS(=O)(=O)OC(C)[S+](C)[O-]. The van der Waals surface area contributed by atoms with Gasteiger partial charge in [-0.05, 0) is 37.9 Å². The number of rotatable bonds is 14. The minimum absolute atomic E-state index is 0.168. The van der Waals surface area contributed by atoms with Crippen LogP contribution < -0.4 is 0 Å². The van der Waals surface area contributed by atoms with E-state index >= 15 is 0 Å². The van der Waals surface area contributed by atoms with Gasteiger partial charge in [-0.25, -0.2) is 8.39 Å². The van der Waals surface area contributed by atoms with Crippen molar-refractivity contribution >= 4 is 42.5 Å². The summed E-state index contributed by atoms with van der Waals surface area (Å²) >= 11 is -3.29. The molecule has 0 aromatic heterocycles. The molecule has 0 saturated carbocycles. The molecule has 0 heterocycles. The molecule has 152 valence electrons. The first kappa shape index (κ1) is 25.2. The molecule has 0 amide bonds. The van der Waals surface area contributed by atoms with E-state index in [9.17, 15) is 25.6 Å². The molecule has 0 rings (SSSR count). The summed E-state index contributed by atoms with van der Waals surface area (Å²) in [6, 6.07) is 0. The van der Waals surface area contributed by atoms with E-state index in [0.717, 1.165) is 0 Å². The summed E-state index contributed by atoms with van der Waals surface area (Å²) in [5.41, 5.74) is -2.04. The van der Waals surface area contributed by atoms with Crippen LogP contribution in [0.15, 0.2) is 0 Å². The van der Waals surface area contributed by atoms with Gasteiger partial charge in [0.1, 0.15) is 0 Å². The second kappa shape index (κ2) is 11.8. The van der Waals surface area contributed by atoms with Crippen LogP contribution >= 0.6 is 0 Å². The summed E-state index contributed by atoms with van der Waals surface area (Å²) in [5, 5.41) is 0. The quantitative estimate of drug-likeness (QED) is 0.215. The van der Waals surface area contributed by atoms with Crippen LogP contribution in [0.2, 0.25) is 0 Å². The molecule has 0 N–H and O–H groups in total. The zero-order valence-corrected chi connectivity index (χ0v) is 18.0. The van der Waals surface area contributed by atoms with E-state index < -0.39 is 53.4 Å². The lowest BCUT2D eigenvalue weighted by molar-refractivity contribution is 0.272. The molecule has 0 fully saturated rings. The summed E-state index contributed by atoms with van der Waals surface area (Å²) < 4.78 is 83.5. The van der Waals surface area contributed by atoms with Gasteiger partial charge >= 0.3 is 0 Å². The number of hydrogen-bond acceptors (Lipinski definition) is 9. The second-order valence-corrected chi connectivity index (χ2v) is 11.6. The summed E-state index contributed by atoms with van der Waals surface area (Å²) in [5.74, 6) is -0.614. The highest BCUT2D eigenvalue weighted by Crippen LogP contribution is 2.11. The Bertz CT molecular complexity index is 600. The van der Waals surface area contributed by atoms with Crippen molar-refractivity contribution in [3.63, 3.8) is 0 Å². The van der Waals surface area contributed by atoms with E-state index in [0.29, 0.717) is 6.42 Å². The fourth-order valence-corrected chi connectivity index (χ4v) is 5.52. The molecule has 4 unspecified atom stereocenters. The maximum Gasteiger partial charge on any atom is 0.271 e. The summed E-state index contributed by atoms with van der Waals surface area (Å²) in [4.78, 5) is 0. The third kappa shape index (κ3) is 12.3. The van der Waals surface area contributed by atoms with Crippen molar-refractivity contribution in [1.29, 1.82) is 0 Å². The second-order valence-electron chi connectivity index (χ2n) is 5.08. The van der Waals surface area contributed by atoms with Crippen LogP contribution in [0.4, 0.5) is 0 Å². The van der Waals surface area contributed by atoms with Crippen molar-refractivity contribution in [3.05, 3.63) is 0 Å². The third-order valence-electron chi connectivity index (χ3n) is 2.83. The van der Waals surface area contributed by atoms with Gasteiger partial charge < -0.3 is 4.55 Å². The molecule has 0 aliphatic heterocycles. The Hall–Kier alpha value is 0.240. The fourth-order valence-electron chi connectivity index (χ4n) is 1.54. The first-order valence-electron chi connectivity index (χ1n) is 7.58. The smallest absolute Gasteiger partial charge is 0.271 e. The van der Waals surface area contributed by atoms with Gasteiger partial charge in [0.2, 0.25) is 5.44 Å². The Labute approximate surface area is 155 Å². The van der Waals surface area contributed by atoms with Crippen molar-refractivity contribution < 1.29 is 38.1 Å². The highest BCUT2D eigenvalue weighted by Gasteiger charge is 2.23. The average molecular weight is 443 g/mol. The highest BCUT2D eigenvalue weighted by molar-refractivity contribution is 7.92. The largest absolute Gasteiger partial charge is 0.615 e. The predicted octanol–water partition coefficient (Wildman–Crippen LogP) is 0.620. The van der Waals surface area contributed by atoms with Crippen molar-refractivity contribution in [2.45, 2.75) is 50.9 Å². The van der Waals surface area contributed by atoms with Crippen LogP contribution in [0, 0.1) is 0 Å². The molecule has 0 bridgehead atoms. The van der Waals surface area contributed by atoms with E-state index in [1.807, 2.05) is 0 Å². The monoisotopic (exact) mass is 442 g/mol. The van der Waals surface area contributed by atoms with Gasteiger partial charge in [0, 0.05) is 6.92 Å². The van der Waals surface area contributed by atoms with Gasteiger partial charge in [0.05, 0.1) is 24.4 Å². The topological polar surface area (TPSA) is 136 Å². The molecule has 9 nitrogen and oxygen atoms in total. The Kier molecular flexibility index (Phi) is 12.0. The minimum Gasteiger partial charge on any atom is -0.615 e. The summed E-state index contributed by atoms with van der Waals surface area (Å²) in [7, 11) is -7.69. The zero-order valence-electron chi connectivity index (χ0n) is 14.7. The molecule has 25 heavy (non-hydrogen) atoms.